The van der Waals surface area contributed by atoms with E-state index in [4.69, 9.17) is 6.42 Å². The van der Waals surface area contributed by atoms with Gasteiger partial charge in [-0.25, -0.2) is 4.98 Å². The third kappa shape index (κ3) is 7.95. The van der Waals surface area contributed by atoms with E-state index in [1.165, 1.54) is 10.8 Å². The summed E-state index contributed by atoms with van der Waals surface area (Å²) in [6.07, 6.45) is 9.87. The number of terminal acetylenes is 1. The summed E-state index contributed by atoms with van der Waals surface area (Å²) in [5.74, 6) is 1.24. The van der Waals surface area contributed by atoms with Crippen LogP contribution in [0.4, 0.5) is 0 Å². The minimum Gasteiger partial charge on any atom is -0.481 e. The third-order valence-electron chi connectivity index (χ3n) is 7.45. The van der Waals surface area contributed by atoms with Crippen molar-refractivity contribution < 1.29 is 14.7 Å². The van der Waals surface area contributed by atoms with Crippen LogP contribution in [0.5, 0.6) is 0 Å². The Bertz CT molecular complexity index is 1530. The van der Waals surface area contributed by atoms with Gasteiger partial charge in [0.25, 0.3) is 5.56 Å². The zero-order chi connectivity index (χ0) is 31.1. The van der Waals surface area contributed by atoms with Crippen LogP contribution < -0.4 is 10.9 Å². The van der Waals surface area contributed by atoms with Gasteiger partial charge in [0.1, 0.15) is 11.7 Å². The van der Waals surface area contributed by atoms with Crippen molar-refractivity contribution in [3.63, 3.8) is 0 Å². The fraction of sp³-hybridized carbons (Fsp3) is 0.412. The zero-order valence-electron chi connectivity index (χ0n) is 25.7. The number of carboxylic acids is 1. The molecule has 0 aliphatic rings. The van der Waals surface area contributed by atoms with Crippen molar-refractivity contribution in [2.24, 2.45) is 5.92 Å². The number of amides is 1. The molecule has 0 saturated carbocycles. The lowest BCUT2D eigenvalue weighted by Crippen LogP contribution is -2.40. The second-order valence-corrected chi connectivity index (χ2v) is 11.7. The van der Waals surface area contributed by atoms with E-state index in [1.807, 2.05) is 73.0 Å². The Hall–Kier alpha value is -4.22. The Balaban J connectivity index is 2.07. The molecule has 0 fully saturated rings. The van der Waals surface area contributed by atoms with Gasteiger partial charge in [0.15, 0.2) is 0 Å². The van der Waals surface area contributed by atoms with Crippen molar-refractivity contribution in [1.29, 1.82) is 0 Å². The van der Waals surface area contributed by atoms with Crippen LogP contribution in [0.3, 0.4) is 0 Å². The number of nitrogens with zero attached hydrogens (tertiary/aromatic N) is 3. The van der Waals surface area contributed by atoms with Gasteiger partial charge in [-0.15, -0.1) is 6.42 Å². The average Bonchev–Trinajstić information content (AvgIpc) is 2.90. The molecule has 0 aliphatic heterocycles. The van der Waals surface area contributed by atoms with Crippen LogP contribution in [0, 0.1) is 39.0 Å². The van der Waals surface area contributed by atoms with E-state index in [-0.39, 0.29) is 17.9 Å². The second kappa shape index (κ2) is 14.1. The molecule has 0 unspecified atom stereocenters. The summed E-state index contributed by atoms with van der Waals surface area (Å²) in [6, 6.07) is 7.61. The van der Waals surface area contributed by atoms with Gasteiger partial charge in [-0.3, -0.25) is 14.4 Å². The van der Waals surface area contributed by atoms with E-state index in [0.29, 0.717) is 23.2 Å². The van der Waals surface area contributed by atoms with Crippen LogP contribution in [0.15, 0.2) is 47.5 Å². The number of rotatable bonds is 12. The molecule has 2 N–H and O–H groups in total. The summed E-state index contributed by atoms with van der Waals surface area (Å²) >= 11 is 0. The minimum atomic E-state index is -1.08. The first-order chi connectivity index (χ1) is 19.8. The molecule has 0 bridgehead atoms. The number of aryl methyl sites for hydroxylation is 3. The normalized spacial score (nSPS) is 12.7. The number of carbonyl (C=O) groups excluding carboxylic acids is 1. The molecule has 222 valence electrons. The predicted octanol–water partition coefficient (Wildman–Crippen LogP) is 4.84. The first-order valence-electron chi connectivity index (χ1n) is 14.2. The maximum Gasteiger partial charge on any atom is 0.305 e. The summed E-state index contributed by atoms with van der Waals surface area (Å²) in [6.45, 7) is 10.6. The number of pyridine rings is 2. The van der Waals surface area contributed by atoms with Gasteiger partial charge < -0.3 is 19.9 Å². The number of carbonyl (C=O) groups is 2. The predicted molar refractivity (Wildman–Crippen MR) is 166 cm³/mol. The highest BCUT2D eigenvalue weighted by Crippen LogP contribution is 2.32. The smallest absolute Gasteiger partial charge is 0.305 e. The molecule has 1 aromatic carbocycles. The Morgan fingerprint density at radius 3 is 2.36 bits per heavy atom. The Labute approximate surface area is 248 Å². The van der Waals surface area contributed by atoms with Gasteiger partial charge in [0.2, 0.25) is 5.91 Å². The number of benzene rings is 1. The SMILES string of the molecule is C#Cc1ncc([C@H](CC(=O)O)NC(=O)[C@H](CC(C)C)n2cc(CCN(C)C)c(C)cc2=O)cc1-c1c(C)cccc1C. The van der Waals surface area contributed by atoms with Crippen molar-refractivity contribution in [3.05, 3.63) is 86.6 Å². The summed E-state index contributed by atoms with van der Waals surface area (Å²) in [5, 5.41) is 12.7. The van der Waals surface area contributed by atoms with E-state index in [9.17, 15) is 19.5 Å². The molecule has 0 radical (unpaired) electrons. The lowest BCUT2D eigenvalue weighted by molar-refractivity contribution is -0.138. The molecule has 0 spiro atoms. The number of nitrogens with one attached hydrogen (secondary N) is 1. The molecule has 3 rings (SSSR count). The molecule has 0 aliphatic carbocycles. The molecule has 8 heteroatoms. The Kier molecular flexibility index (Phi) is 10.8. The molecule has 8 nitrogen and oxygen atoms in total. The molecule has 1 amide bonds. The maximum atomic E-state index is 13.9. The fourth-order valence-electron chi connectivity index (χ4n) is 5.24. The van der Waals surface area contributed by atoms with Gasteiger partial charge in [-0.1, -0.05) is 32.0 Å². The van der Waals surface area contributed by atoms with Gasteiger partial charge in [-0.05, 0) is 99.0 Å². The molecule has 2 heterocycles. The number of aromatic nitrogens is 2. The highest BCUT2D eigenvalue weighted by molar-refractivity contribution is 5.82. The monoisotopic (exact) mass is 570 g/mol. The number of aliphatic carboxylic acids is 1. The van der Waals surface area contributed by atoms with Crippen molar-refractivity contribution in [2.75, 3.05) is 20.6 Å². The maximum absolute atomic E-state index is 13.9. The van der Waals surface area contributed by atoms with E-state index < -0.39 is 24.0 Å². The highest BCUT2D eigenvalue weighted by atomic mass is 16.4. The largest absolute Gasteiger partial charge is 0.481 e. The molecule has 3 aromatic rings. The minimum absolute atomic E-state index is 0.101. The summed E-state index contributed by atoms with van der Waals surface area (Å²) < 4.78 is 1.49. The quantitative estimate of drug-likeness (QED) is 0.302. The molecular formula is C34H42N4O4. The standard InChI is InChI=1S/C34H42N4O4/c1-9-28-27(33-22(4)11-10-12-23(33)5)17-26(19-35-28)29(18-32(40)41)36-34(42)30(15-21(2)3)38-20-25(13-14-37(7)8)24(6)16-31(38)39/h1,10-12,16-17,19-21,29-30H,13-15,18H2,2-8H3,(H,36,42)(H,40,41)/t29-,30-/m0/s1. The van der Waals surface area contributed by atoms with E-state index >= 15 is 0 Å². The van der Waals surface area contributed by atoms with Gasteiger partial charge >= 0.3 is 5.97 Å². The first kappa shape index (κ1) is 32.3. The first-order valence-corrected chi connectivity index (χ1v) is 14.2. The fourth-order valence-corrected chi connectivity index (χ4v) is 5.24. The van der Waals surface area contributed by atoms with Crippen LogP contribution in [-0.2, 0) is 16.0 Å². The molecular weight excluding hydrogens is 528 g/mol. The van der Waals surface area contributed by atoms with Gasteiger partial charge in [0.05, 0.1) is 12.5 Å². The Morgan fingerprint density at radius 1 is 1.12 bits per heavy atom. The van der Waals surface area contributed by atoms with Crippen LogP contribution in [0.25, 0.3) is 11.1 Å². The van der Waals surface area contributed by atoms with Crippen LogP contribution in [-0.4, -0.2) is 52.1 Å². The van der Waals surface area contributed by atoms with Gasteiger partial charge in [-0.2, -0.15) is 0 Å². The van der Waals surface area contributed by atoms with E-state index in [2.05, 4.69) is 21.1 Å². The number of hydrogen-bond donors (Lipinski definition) is 2. The molecule has 42 heavy (non-hydrogen) atoms. The lowest BCUT2D eigenvalue weighted by atomic mass is 9.92. The van der Waals surface area contributed by atoms with Crippen molar-refractivity contribution in [2.45, 2.75) is 66.0 Å². The van der Waals surface area contributed by atoms with E-state index in [0.717, 1.165) is 40.8 Å². The second-order valence-electron chi connectivity index (χ2n) is 11.7. The van der Waals surface area contributed by atoms with Crippen LogP contribution in [0.1, 0.15) is 72.3 Å². The topological polar surface area (TPSA) is 105 Å². The third-order valence-corrected chi connectivity index (χ3v) is 7.45. The number of carboxylic acid groups (broad SMARTS) is 1. The molecule has 2 atom stereocenters. The molecule has 2 aromatic heterocycles. The highest BCUT2D eigenvalue weighted by Gasteiger charge is 2.28. The lowest BCUT2D eigenvalue weighted by Gasteiger charge is -2.26. The van der Waals surface area contributed by atoms with Crippen LogP contribution in [0.2, 0.25) is 0 Å². The summed E-state index contributed by atoms with van der Waals surface area (Å²) in [7, 11) is 3.97. The Morgan fingerprint density at radius 2 is 1.79 bits per heavy atom. The van der Waals surface area contributed by atoms with Crippen LogP contribution >= 0.6 is 0 Å². The van der Waals surface area contributed by atoms with Gasteiger partial charge in [0, 0.05) is 30.6 Å². The van der Waals surface area contributed by atoms with Crippen molar-refractivity contribution in [3.8, 4) is 23.5 Å². The number of hydrogen-bond acceptors (Lipinski definition) is 5. The summed E-state index contributed by atoms with van der Waals surface area (Å²) in [4.78, 5) is 45.6. The molecule has 0 saturated heterocycles. The van der Waals surface area contributed by atoms with E-state index in [1.54, 1.807) is 12.3 Å². The summed E-state index contributed by atoms with van der Waals surface area (Å²) in [5.41, 5.74) is 6.19. The van der Waals surface area contributed by atoms with Crippen molar-refractivity contribution >= 4 is 11.9 Å². The average molecular weight is 571 g/mol. The zero-order valence-corrected chi connectivity index (χ0v) is 25.7. The van der Waals surface area contributed by atoms with Crippen molar-refractivity contribution in [1.82, 2.24) is 19.8 Å². The number of likely N-dealkylation sites (N-methyl/N-ethyl adjacent to an activating group) is 1.